The molecule has 0 spiro atoms. The van der Waals surface area contributed by atoms with Gasteiger partial charge in [-0.05, 0) is 42.0 Å². The third-order valence-corrected chi connectivity index (χ3v) is 3.94. The van der Waals surface area contributed by atoms with Crippen LogP contribution < -0.4 is 5.32 Å². The number of hydrogen-bond donors (Lipinski definition) is 1. The summed E-state index contributed by atoms with van der Waals surface area (Å²) in [6.07, 6.45) is 7.73. The number of hydrogen-bond acceptors (Lipinski definition) is 4. The Kier molecular flexibility index (Phi) is 3.09. The fraction of sp³-hybridized carbons (Fsp3) is 0.917. The number of aromatic nitrogens is 4. The van der Waals surface area contributed by atoms with Crippen LogP contribution in [-0.4, -0.2) is 26.2 Å². The molecule has 5 nitrogen and oxygen atoms in total. The zero-order chi connectivity index (χ0) is 11.7. The summed E-state index contributed by atoms with van der Waals surface area (Å²) >= 11 is 0. The van der Waals surface area contributed by atoms with Crippen LogP contribution in [-0.2, 0) is 6.54 Å². The van der Waals surface area contributed by atoms with Gasteiger partial charge < -0.3 is 5.32 Å². The summed E-state index contributed by atoms with van der Waals surface area (Å²) in [7, 11) is 0. The zero-order valence-corrected chi connectivity index (χ0v) is 10.5. The molecule has 5 heteroatoms. The molecule has 17 heavy (non-hydrogen) atoms. The van der Waals surface area contributed by atoms with Crippen molar-refractivity contribution >= 4 is 0 Å². The van der Waals surface area contributed by atoms with E-state index in [4.69, 9.17) is 0 Å². The Balaban J connectivity index is 1.66. The summed E-state index contributed by atoms with van der Waals surface area (Å²) in [5.74, 6) is 1.82. The summed E-state index contributed by atoms with van der Waals surface area (Å²) in [4.78, 5) is 0. The number of nitrogens with one attached hydrogen (secondary N) is 1. The van der Waals surface area contributed by atoms with E-state index in [0.717, 1.165) is 18.3 Å². The van der Waals surface area contributed by atoms with Crippen LogP contribution in [0.5, 0.6) is 0 Å². The van der Waals surface area contributed by atoms with Crippen LogP contribution in [0.2, 0.25) is 0 Å². The van der Waals surface area contributed by atoms with Crippen molar-refractivity contribution in [3.05, 3.63) is 5.82 Å². The molecule has 3 rings (SSSR count). The smallest absolute Gasteiger partial charge is 0.165 e. The molecule has 94 valence electrons. The molecule has 1 aromatic heterocycles. The van der Waals surface area contributed by atoms with Crippen LogP contribution in [0.3, 0.4) is 0 Å². The Morgan fingerprint density at radius 1 is 1.29 bits per heavy atom. The van der Waals surface area contributed by atoms with E-state index in [2.05, 4.69) is 32.4 Å². The highest BCUT2D eigenvalue weighted by atomic mass is 15.6. The van der Waals surface area contributed by atoms with E-state index in [9.17, 15) is 0 Å². The molecule has 0 saturated heterocycles. The summed E-state index contributed by atoms with van der Waals surface area (Å²) in [5, 5.41) is 15.7. The average Bonchev–Trinajstić information content (AvgIpc) is 3.04. The third-order valence-electron chi connectivity index (χ3n) is 3.94. The maximum Gasteiger partial charge on any atom is 0.165 e. The van der Waals surface area contributed by atoms with Crippen LogP contribution in [0.15, 0.2) is 0 Å². The topological polar surface area (TPSA) is 55.6 Å². The minimum Gasteiger partial charge on any atom is -0.307 e. The largest absolute Gasteiger partial charge is 0.307 e. The summed E-state index contributed by atoms with van der Waals surface area (Å²) in [5.41, 5.74) is 0. The van der Waals surface area contributed by atoms with Crippen molar-refractivity contribution in [2.45, 2.75) is 64.1 Å². The first kappa shape index (κ1) is 11.1. The summed E-state index contributed by atoms with van der Waals surface area (Å²) in [6.45, 7) is 3.15. The lowest BCUT2D eigenvalue weighted by atomic mass is 9.87. The Labute approximate surface area is 102 Å². The highest BCUT2D eigenvalue weighted by molar-refractivity contribution is 4.89. The quantitative estimate of drug-likeness (QED) is 0.862. The number of rotatable bonds is 4. The van der Waals surface area contributed by atoms with Crippen LogP contribution in [0, 0.1) is 5.92 Å². The number of nitrogens with zero attached hydrogens (tertiary/aromatic N) is 4. The lowest BCUT2D eigenvalue weighted by Gasteiger charge is -2.27. The van der Waals surface area contributed by atoms with Gasteiger partial charge in [0.15, 0.2) is 5.82 Å². The van der Waals surface area contributed by atoms with Crippen LogP contribution >= 0.6 is 0 Å². The Morgan fingerprint density at radius 3 is 2.94 bits per heavy atom. The van der Waals surface area contributed by atoms with E-state index >= 15 is 0 Å². The van der Waals surface area contributed by atoms with E-state index in [1.807, 2.05) is 0 Å². The molecular formula is C12H21N5. The van der Waals surface area contributed by atoms with Gasteiger partial charge in [0.2, 0.25) is 0 Å². The van der Waals surface area contributed by atoms with E-state index in [0.29, 0.717) is 12.1 Å². The lowest BCUT2D eigenvalue weighted by Crippen LogP contribution is -2.24. The minimum absolute atomic E-state index is 0.518. The molecule has 2 fully saturated rings. The molecule has 2 aliphatic carbocycles. The standard InChI is InChI=1S/C12H21N5/c1-9-3-2-4-11(7-9)17-12(14-15-16-17)8-13-10-5-6-10/h9-11,13H,2-8H2,1H3. The molecule has 2 unspecified atom stereocenters. The zero-order valence-electron chi connectivity index (χ0n) is 10.5. The van der Waals surface area contributed by atoms with Gasteiger partial charge in [0.1, 0.15) is 0 Å². The Hall–Kier alpha value is -0.970. The monoisotopic (exact) mass is 235 g/mol. The van der Waals surface area contributed by atoms with Crippen molar-refractivity contribution in [3.8, 4) is 0 Å². The first-order valence-electron chi connectivity index (χ1n) is 6.83. The van der Waals surface area contributed by atoms with Gasteiger partial charge in [-0.3, -0.25) is 0 Å². The normalized spacial score (nSPS) is 29.5. The molecule has 0 aromatic carbocycles. The first-order valence-corrected chi connectivity index (χ1v) is 6.83. The first-order chi connectivity index (χ1) is 8.33. The highest BCUT2D eigenvalue weighted by Crippen LogP contribution is 2.32. The summed E-state index contributed by atoms with van der Waals surface area (Å²) < 4.78 is 2.06. The molecule has 0 bridgehead atoms. The maximum absolute atomic E-state index is 4.19. The molecule has 0 aliphatic heterocycles. The van der Waals surface area contributed by atoms with Gasteiger partial charge in [-0.15, -0.1) is 5.10 Å². The van der Waals surface area contributed by atoms with Crippen molar-refractivity contribution in [2.24, 2.45) is 5.92 Å². The lowest BCUT2D eigenvalue weighted by molar-refractivity contribution is 0.257. The Morgan fingerprint density at radius 2 is 2.18 bits per heavy atom. The predicted molar refractivity (Wildman–Crippen MR) is 64.3 cm³/mol. The van der Waals surface area contributed by atoms with Gasteiger partial charge in [-0.1, -0.05) is 19.8 Å². The third kappa shape index (κ3) is 2.65. The van der Waals surface area contributed by atoms with E-state index in [1.165, 1.54) is 38.5 Å². The second-order valence-corrected chi connectivity index (χ2v) is 5.62. The van der Waals surface area contributed by atoms with Gasteiger partial charge >= 0.3 is 0 Å². The van der Waals surface area contributed by atoms with E-state index < -0.39 is 0 Å². The SMILES string of the molecule is CC1CCCC(n2nnnc2CNC2CC2)C1. The van der Waals surface area contributed by atoms with Gasteiger partial charge in [0.25, 0.3) is 0 Å². The second-order valence-electron chi connectivity index (χ2n) is 5.62. The Bertz CT molecular complexity index is 371. The van der Waals surface area contributed by atoms with Gasteiger partial charge in [0.05, 0.1) is 12.6 Å². The molecule has 1 heterocycles. The highest BCUT2D eigenvalue weighted by Gasteiger charge is 2.25. The van der Waals surface area contributed by atoms with Crippen LogP contribution in [0.25, 0.3) is 0 Å². The molecule has 2 saturated carbocycles. The van der Waals surface area contributed by atoms with Crippen molar-refractivity contribution in [2.75, 3.05) is 0 Å². The fourth-order valence-corrected chi connectivity index (χ4v) is 2.76. The molecule has 1 N–H and O–H groups in total. The van der Waals surface area contributed by atoms with Crippen LogP contribution in [0.4, 0.5) is 0 Å². The molecule has 1 aromatic rings. The average molecular weight is 235 g/mol. The second kappa shape index (κ2) is 4.72. The molecule has 2 aliphatic rings. The van der Waals surface area contributed by atoms with Crippen molar-refractivity contribution in [1.82, 2.24) is 25.5 Å². The van der Waals surface area contributed by atoms with E-state index in [1.54, 1.807) is 0 Å². The number of tetrazole rings is 1. The van der Waals surface area contributed by atoms with Crippen molar-refractivity contribution < 1.29 is 0 Å². The minimum atomic E-state index is 0.518. The predicted octanol–water partition coefficient (Wildman–Crippen LogP) is 1.68. The van der Waals surface area contributed by atoms with Gasteiger partial charge in [-0.2, -0.15) is 0 Å². The van der Waals surface area contributed by atoms with Crippen molar-refractivity contribution in [3.63, 3.8) is 0 Å². The molecular weight excluding hydrogens is 214 g/mol. The van der Waals surface area contributed by atoms with Gasteiger partial charge in [-0.25, -0.2) is 4.68 Å². The molecule has 0 radical (unpaired) electrons. The van der Waals surface area contributed by atoms with Gasteiger partial charge in [0, 0.05) is 6.04 Å². The fourth-order valence-electron chi connectivity index (χ4n) is 2.76. The van der Waals surface area contributed by atoms with Crippen molar-refractivity contribution in [1.29, 1.82) is 0 Å². The molecule has 0 amide bonds. The summed E-state index contributed by atoms with van der Waals surface area (Å²) in [6, 6.07) is 1.23. The molecule has 2 atom stereocenters. The van der Waals surface area contributed by atoms with E-state index in [-0.39, 0.29) is 0 Å². The van der Waals surface area contributed by atoms with Crippen LogP contribution in [0.1, 0.15) is 57.3 Å². The maximum atomic E-state index is 4.19.